The lowest BCUT2D eigenvalue weighted by Crippen LogP contribution is -2.47. The summed E-state index contributed by atoms with van der Waals surface area (Å²) in [5, 5.41) is 10.9. The molecule has 2 aromatic rings. The Morgan fingerprint density at radius 3 is 2.24 bits per heavy atom. The van der Waals surface area contributed by atoms with Crippen molar-refractivity contribution in [2.45, 2.75) is 24.9 Å². The average molecular weight is 338 g/mol. The van der Waals surface area contributed by atoms with Gasteiger partial charge in [0, 0.05) is 10.6 Å². The SMILES string of the molecule is [CH2]C(O)(c1cccc(-c2cccc(Cl)c2)c1Cl)[Si](C)(C)C. The molecule has 0 saturated heterocycles. The van der Waals surface area contributed by atoms with Crippen LogP contribution < -0.4 is 0 Å². The van der Waals surface area contributed by atoms with E-state index >= 15 is 0 Å². The van der Waals surface area contributed by atoms with Crippen molar-refractivity contribution in [2.24, 2.45) is 0 Å². The number of benzene rings is 2. The third kappa shape index (κ3) is 3.19. The molecule has 2 rings (SSSR count). The Bertz CT molecular complexity index is 660. The lowest BCUT2D eigenvalue weighted by molar-refractivity contribution is 0.164. The van der Waals surface area contributed by atoms with Gasteiger partial charge in [-0.3, -0.25) is 0 Å². The van der Waals surface area contributed by atoms with Crippen molar-refractivity contribution in [2.75, 3.05) is 0 Å². The molecule has 0 bridgehead atoms. The van der Waals surface area contributed by atoms with Crippen molar-refractivity contribution in [1.29, 1.82) is 0 Å². The van der Waals surface area contributed by atoms with Crippen LogP contribution in [0.4, 0.5) is 0 Å². The van der Waals surface area contributed by atoms with Crippen LogP contribution in [0.2, 0.25) is 29.7 Å². The van der Waals surface area contributed by atoms with Crippen LogP contribution in [-0.2, 0) is 5.22 Å². The van der Waals surface area contributed by atoms with E-state index in [1.807, 2.05) is 42.5 Å². The molecule has 0 aliphatic heterocycles. The van der Waals surface area contributed by atoms with Crippen molar-refractivity contribution in [3.8, 4) is 11.1 Å². The zero-order chi connectivity index (χ0) is 15.8. The van der Waals surface area contributed by atoms with Gasteiger partial charge in [-0.15, -0.1) is 0 Å². The molecule has 0 aromatic heterocycles. The molecule has 111 valence electrons. The van der Waals surface area contributed by atoms with Gasteiger partial charge in [-0.05, 0) is 30.2 Å². The van der Waals surface area contributed by atoms with Crippen molar-refractivity contribution < 1.29 is 5.11 Å². The summed E-state index contributed by atoms with van der Waals surface area (Å²) in [7, 11) is -1.96. The van der Waals surface area contributed by atoms with Crippen LogP contribution in [0.3, 0.4) is 0 Å². The van der Waals surface area contributed by atoms with Gasteiger partial charge in [-0.25, -0.2) is 0 Å². The van der Waals surface area contributed by atoms with Crippen molar-refractivity contribution in [1.82, 2.24) is 0 Å². The van der Waals surface area contributed by atoms with Gasteiger partial charge in [0.2, 0.25) is 0 Å². The van der Waals surface area contributed by atoms with Crippen LogP contribution in [0.5, 0.6) is 0 Å². The third-order valence-corrected chi connectivity index (χ3v) is 7.21. The van der Waals surface area contributed by atoms with E-state index in [1.54, 1.807) is 0 Å². The van der Waals surface area contributed by atoms with E-state index < -0.39 is 13.3 Å². The van der Waals surface area contributed by atoms with Gasteiger partial charge in [-0.2, -0.15) is 0 Å². The van der Waals surface area contributed by atoms with E-state index in [0.29, 0.717) is 15.6 Å². The van der Waals surface area contributed by atoms with E-state index in [1.165, 1.54) is 0 Å². The molecular weight excluding hydrogens is 319 g/mol. The maximum Gasteiger partial charge on any atom is 0.0878 e. The Hall–Kier alpha value is -0.803. The molecule has 0 heterocycles. The summed E-state index contributed by atoms with van der Waals surface area (Å²) in [6.45, 7) is 10.2. The van der Waals surface area contributed by atoms with Crippen LogP contribution in [0, 0.1) is 6.92 Å². The van der Waals surface area contributed by atoms with E-state index in [-0.39, 0.29) is 0 Å². The predicted octanol–water partition coefficient (Wildman–Crippen LogP) is 5.56. The normalized spacial score (nSPS) is 14.8. The largest absolute Gasteiger partial charge is 0.389 e. The summed E-state index contributed by atoms with van der Waals surface area (Å²) in [6, 6.07) is 13.2. The Kier molecular flexibility index (Phi) is 4.55. The Morgan fingerprint density at radius 2 is 1.67 bits per heavy atom. The van der Waals surface area contributed by atoms with Gasteiger partial charge in [0.15, 0.2) is 0 Å². The minimum absolute atomic E-state index is 0.541. The first-order valence-corrected chi connectivity index (χ1v) is 11.0. The van der Waals surface area contributed by atoms with Crippen LogP contribution in [0.25, 0.3) is 11.1 Å². The van der Waals surface area contributed by atoms with Gasteiger partial charge in [0.25, 0.3) is 0 Å². The van der Waals surface area contributed by atoms with E-state index in [2.05, 4.69) is 26.6 Å². The Labute approximate surface area is 137 Å². The predicted molar refractivity (Wildman–Crippen MR) is 94.5 cm³/mol. The molecule has 0 amide bonds. The minimum atomic E-state index is -1.96. The molecule has 1 nitrogen and oxygen atoms in total. The fourth-order valence-electron chi connectivity index (χ4n) is 2.13. The second-order valence-corrected chi connectivity index (χ2v) is 12.4. The third-order valence-electron chi connectivity index (χ3n) is 3.82. The molecule has 0 aliphatic carbocycles. The van der Waals surface area contributed by atoms with Gasteiger partial charge in [0.1, 0.15) is 0 Å². The zero-order valence-corrected chi connectivity index (χ0v) is 15.0. The second-order valence-electron chi connectivity index (χ2n) is 6.29. The molecule has 0 saturated carbocycles. The first kappa shape index (κ1) is 16.6. The highest BCUT2D eigenvalue weighted by atomic mass is 35.5. The van der Waals surface area contributed by atoms with Gasteiger partial charge >= 0.3 is 0 Å². The lowest BCUT2D eigenvalue weighted by atomic mass is 10.0. The quantitative estimate of drug-likeness (QED) is 0.727. The van der Waals surface area contributed by atoms with Gasteiger partial charge in [0.05, 0.1) is 18.3 Å². The number of aliphatic hydroxyl groups is 1. The van der Waals surface area contributed by atoms with Crippen molar-refractivity contribution >= 4 is 31.3 Å². The Morgan fingerprint density at radius 1 is 1.05 bits per heavy atom. The van der Waals surface area contributed by atoms with E-state index in [4.69, 9.17) is 23.2 Å². The maximum atomic E-state index is 10.9. The zero-order valence-electron chi connectivity index (χ0n) is 12.5. The highest BCUT2D eigenvalue weighted by Crippen LogP contribution is 2.40. The summed E-state index contributed by atoms with van der Waals surface area (Å²) < 4.78 is 0. The fraction of sp³-hybridized carbons (Fsp3) is 0.235. The first-order valence-electron chi connectivity index (χ1n) is 6.77. The van der Waals surface area contributed by atoms with Gasteiger partial charge in [-0.1, -0.05) is 73.2 Å². The molecule has 1 N–H and O–H groups in total. The summed E-state index contributed by atoms with van der Waals surface area (Å²) in [5.74, 6) is 0. The summed E-state index contributed by atoms with van der Waals surface area (Å²) >= 11 is 12.6. The average Bonchev–Trinajstić information content (AvgIpc) is 2.37. The molecule has 2 aromatic carbocycles. The topological polar surface area (TPSA) is 20.2 Å². The molecule has 0 fully saturated rings. The molecular formula is C17H19Cl2OSi. The summed E-state index contributed by atoms with van der Waals surface area (Å²) in [6.07, 6.45) is 0. The molecule has 0 spiro atoms. The Balaban J connectivity index is 2.61. The summed E-state index contributed by atoms with van der Waals surface area (Å²) in [5.41, 5.74) is 2.47. The number of rotatable bonds is 3. The number of hydrogen-bond acceptors (Lipinski definition) is 1. The molecule has 1 unspecified atom stereocenters. The van der Waals surface area contributed by atoms with E-state index in [0.717, 1.165) is 11.1 Å². The van der Waals surface area contributed by atoms with Crippen molar-refractivity contribution in [3.05, 3.63) is 65.0 Å². The molecule has 1 atom stereocenters. The lowest BCUT2D eigenvalue weighted by Gasteiger charge is -2.36. The van der Waals surface area contributed by atoms with Crippen LogP contribution >= 0.6 is 23.2 Å². The highest BCUT2D eigenvalue weighted by Gasteiger charge is 2.40. The summed E-state index contributed by atoms with van der Waals surface area (Å²) in [4.78, 5) is 0. The molecule has 4 heteroatoms. The molecule has 0 aliphatic rings. The van der Waals surface area contributed by atoms with Crippen LogP contribution in [0.1, 0.15) is 5.56 Å². The molecule has 21 heavy (non-hydrogen) atoms. The number of halogens is 2. The van der Waals surface area contributed by atoms with Crippen LogP contribution in [-0.4, -0.2) is 13.2 Å². The smallest absolute Gasteiger partial charge is 0.0878 e. The van der Waals surface area contributed by atoms with Crippen molar-refractivity contribution in [3.63, 3.8) is 0 Å². The fourth-order valence-corrected chi connectivity index (χ4v) is 3.81. The standard InChI is InChI=1S/C17H19Cl2OSi/c1-17(20,21(2,3)4)15-10-6-9-14(16(15)19)12-7-5-8-13(18)11-12/h5-11,20H,1H2,2-4H3. The monoisotopic (exact) mass is 337 g/mol. The highest BCUT2D eigenvalue weighted by molar-refractivity contribution is 6.78. The second kappa shape index (κ2) is 5.77. The first-order chi connectivity index (χ1) is 9.64. The van der Waals surface area contributed by atoms with Gasteiger partial charge < -0.3 is 5.11 Å². The van der Waals surface area contributed by atoms with Crippen LogP contribution in [0.15, 0.2) is 42.5 Å². The van der Waals surface area contributed by atoms with E-state index in [9.17, 15) is 5.11 Å². The molecule has 1 radical (unpaired) electrons. The number of hydrogen-bond donors (Lipinski definition) is 1. The maximum absolute atomic E-state index is 10.9. The minimum Gasteiger partial charge on any atom is -0.389 e.